The summed E-state index contributed by atoms with van der Waals surface area (Å²) in [6, 6.07) is 10.1. The van der Waals surface area contributed by atoms with E-state index in [-0.39, 0.29) is 29.7 Å². The summed E-state index contributed by atoms with van der Waals surface area (Å²) in [5.41, 5.74) is 7.28. The minimum atomic E-state index is -4.43. The fourth-order valence-electron chi connectivity index (χ4n) is 4.60. The summed E-state index contributed by atoms with van der Waals surface area (Å²) in [5.74, 6) is 5.20. The number of anilines is 2. The molecule has 1 aliphatic heterocycles. The van der Waals surface area contributed by atoms with Crippen LogP contribution < -0.4 is 16.4 Å². The zero-order valence-corrected chi connectivity index (χ0v) is 22.8. The number of hydrogen-bond acceptors (Lipinski definition) is 7. The number of nitrogens with one attached hydrogen (secondary N) is 2. The van der Waals surface area contributed by atoms with E-state index in [1.165, 1.54) is 23.1 Å². The number of rotatable bonds is 9. The number of pyridine rings is 1. The van der Waals surface area contributed by atoms with E-state index in [1.54, 1.807) is 24.3 Å². The highest BCUT2D eigenvalue weighted by molar-refractivity contribution is 7.90. The van der Waals surface area contributed by atoms with Gasteiger partial charge < -0.3 is 25.8 Å². The number of benzene rings is 1. The Bertz CT molecular complexity index is 1520. The molecule has 40 heavy (non-hydrogen) atoms. The van der Waals surface area contributed by atoms with Crippen LogP contribution in [0.25, 0.3) is 10.9 Å². The second-order valence-electron chi connectivity index (χ2n) is 9.81. The molecule has 0 atom stereocenters. The van der Waals surface area contributed by atoms with Crippen LogP contribution in [0.15, 0.2) is 42.6 Å². The lowest BCUT2D eigenvalue weighted by Gasteiger charge is -2.32. The molecule has 0 unspecified atom stereocenters. The first-order valence-corrected chi connectivity index (χ1v) is 14.8. The highest BCUT2D eigenvalue weighted by Crippen LogP contribution is 2.31. The van der Waals surface area contributed by atoms with Gasteiger partial charge in [0.25, 0.3) is 5.91 Å². The van der Waals surface area contributed by atoms with E-state index in [0.717, 1.165) is 31.6 Å². The van der Waals surface area contributed by atoms with Crippen molar-refractivity contribution in [1.29, 1.82) is 0 Å². The summed E-state index contributed by atoms with van der Waals surface area (Å²) in [6.07, 6.45) is -0.202. The monoisotopic (exact) mass is 576 g/mol. The van der Waals surface area contributed by atoms with Crippen molar-refractivity contribution >= 4 is 38.0 Å². The van der Waals surface area contributed by atoms with Crippen LogP contribution in [0.5, 0.6) is 0 Å². The van der Waals surface area contributed by atoms with Crippen LogP contribution in [-0.2, 0) is 16.4 Å². The maximum atomic E-state index is 13.5. The normalized spacial score (nSPS) is 15.0. The molecule has 1 aromatic carbocycles. The predicted molar refractivity (Wildman–Crippen MR) is 149 cm³/mol. The number of sulfone groups is 1. The van der Waals surface area contributed by atoms with E-state index in [4.69, 9.17) is 5.73 Å². The van der Waals surface area contributed by atoms with Crippen LogP contribution >= 0.6 is 0 Å². The van der Waals surface area contributed by atoms with E-state index in [1.807, 2.05) is 6.07 Å². The summed E-state index contributed by atoms with van der Waals surface area (Å²) < 4.78 is 64.6. The molecule has 3 heterocycles. The van der Waals surface area contributed by atoms with Gasteiger partial charge in [-0.3, -0.25) is 4.79 Å². The minimum Gasteiger partial charge on any atom is -0.382 e. The number of halogens is 3. The Kier molecular flexibility index (Phi) is 8.90. The lowest BCUT2D eigenvalue weighted by Crippen LogP contribution is -2.41. The average molecular weight is 577 g/mol. The molecule has 1 amide bonds. The molecule has 4 N–H and O–H groups in total. The number of aromatic nitrogens is 2. The average Bonchev–Trinajstić information content (AvgIpc) is 3.22. The van der Waals surface area contributed by atoms with Crippen molar-refractivity contribution in [2.45, 2.75) is 31.6 Å². The molecule has 3 aromatic rings. The van der Waals surface area contributed by atoms with Gasteiger partial charge in [-0.1, -0.05) is 12.0 Å². The van der Waals surface area contributed by atoms with Crippen molar-refractivity contribution < 1.29 is 26.4 Å². The molecule has 0 spiro atoms. The molecule has 13 heteroatoms. The maximum absolute atomic E-state index is 13.5. The number of likely N-dealkylation sites (tertiary alicyclic amines) is 1. The number of amides is 1. The van der Waals surface area contributed by atoms with Crippen LogP contribution in [0.2, 0.25) is 0 Å². The molecule has 0 radical (unpaired) electrons. The van der Waals surface area contributed by atoms with E-state index >= 15 is 0 Å². The molecule has 1 aliphatic rings. The number of carbonyl (C=O) groups is 1. The van der Waals surface area contributed by atoms with Crippen molar-refractivity contribution in [1.82, 2.24) is 14.5 Å². The number of fused-ring (bicyclic) bond motifs is 1. The number of hydrogen-bond donors (Lipinski definition) is 3. The number of nitrogens with zero attached hydrogens (tertiary/aromatic N) is 3. The zero-order chi connectivity index (χ0) is 28.9. The van der Waals surface area contributed by atoms with E-state index in [9.17, 15) is 26.4 Å². The highest BCUT2D eigenvalue weighted by Gasteiger charge is 2.30. The summed E-state index contributed by atoms with van der Waals surface area (Å²) in [7, 11) is -3.02. The van der Waals surface area contributed by atoms with Gasteiger partial charge >= 0.3 is 6.18 Å². The molecule has 0 bridgehead atoms. The quantitative estimate of drug-likeness (QED) is 0.335. The van der Waals surface area contributed by atoms with Gasteiger partial charge in [0.1, 0.15) is 22.1 Å². The third-order valence-corrected chi connectivity index (χ3v) is 7.55. The Morgan fingerprint density at radius 2 is 1.95 bits per heavy atom. The Balaban J connectivity index is 1.49. The lowest BCUT2D eigenvalue weighted by atomic mass is 10.0. The van der Waals surface area contributed by atoms with Crippen LogP contribution in [0.1, 0.15) is 29.0 Å². The van der Waals surface area contributed by atoms with Crippen molar-refractivity contribution in [3.63, 3.8) is 0 Å². The highest BCUT2D eigenvalue weighted by atomic mass is 32.2. The first-order chi connectivity index (χ1) is 18.9. The second kappa shape index (κ2) is 12.2. The Morgan fingerprint density at radius 3 is 2.58 bits per heavy atom. The number of piperidine rings is 1. The molecule has 4 rings (SSSR count). The summed E-state index contributed by atoms with van der Waals surface area (Å²) in [4.78, 5) is 17.2. The van der Waals surface area contributed by atoms with E-state index in [2.05, 4.69) is 32.4 Å². The number of nitrogens with two attached hydrogens (primary N) is 1. The molecule has 9 nitrogen and oxygen atoms in total. The van der Waals surface area contributed by atoms with Crippen molar-refractivity contribution in [2.75, 3.05) is 48.8 Å². The standard InChI is InChI=1S/C27H31F3N6O3S/c1-40(38,39)15-14-35-12-9-19(10-13-35)34-23-5-2-6-25-22(23)16-21(36(25)18-27(28,29)30)4-3-11-32-20-7-8-24(26(31)37)33-17-20/h2,5-8,16-17,19,32,34H,9-15,18H2,1H3,(H2,31,37). The van der Waals surface area contributed by atoms with Crippen LogP contribution in [0.3, 0.4) is 0 Å². The first-order valence-electron chi connectivity index (χ1n) is 12.7. The number of carbonyl (C=O) groups excluding carboxylic acids is 1. The smallest absolute Gasteiger partial charge is 0.382 e. The predicted octanol–water partition coefficient (Wildman–Crippen LogP) is 3.08. The molecule has 1 saturated heterocycles. The van der Waals surface area contributed by atoms with Gasteiger partial charge in [0.05, 0.1) is 35.4 Å². The molecule has 214 valence electrons. The lowest BCUT2D eigenvalue weighted by molar-refractivity contribution is -0.140. The Hall–Kier alpha value is -3.76. The molecule has 1 fully saturated rings. The van der Waals surface area contributed by atoms with Crippen LogP contribution in [0.4, 0.5) is 24.5 Å². The van der Waals surface area contributed by atoms with Crippen molar-refractivity contribution in [3.05, 3.63) is 54.0 Å². The van der Waals surface area contributed by atoms with E-state index in [0.29, 0.717) is 23.1 Å². The molecule has 0 aliphatic carbocycles. The van der Waals surface area contributed by atoms with Gasteiger partial charge in [-0.25, -0.2) is 13.4 Å². The largest absolute Gasteiger partial charge is 0.406 e. The van der Waals surface area contributed by atoms with Gasteiger partial charge in [-0.05, 0) is 49.1 Å². The van der Waals surface area contributed by atoms with Crippen molar-refractivity contribution in [2.24, 2.45) is 5.73 Å². The SMILES string of the molecule is CS(=O)(=O)CCN1CCC(Nc2cccc3c2cc(C#CCNc2ccc(C(N)=O)nc2)n3CC(F)(F)F)CC1. The fourth-order valence-corrected chi connectivity index (χ4v) is 5.19. The van der Waals surface area contributed by atoms with Gasteiger partial charge in [-0.15, -0.1) is 0 Å². The van der Waals surface area contributed by atoms with Gasteiger partial charge in [-0.2, -0.15) is 13.2 Å². The molecular formula is C27H31F3N6O3S. The molecular weight excluding hydrogens is 545 g/mol. The summed E-state index contributed by atoms with van der Waals surface area (Å²) in [6.45, 7) is 0.946. The maximum Gasteiger partial charge on any atom is 0.406 e. The topological polar surface area (TPSA) is 122 Å². The minimum absolute atomic E-state index is 0.111. The van der Waals surface area contributed by atoms with Gasteiger partial charge in [0.2, 0.25) is 0 Å². The third kappa shape index (κ3) is 8.12. The third-order valence-electron chi connectivity index (χ3n) is 6.62. The van der Waals surface area contributed by atoms with Gasteiger partial charge in [0.15, 0.2) is 0 Å². The number of alkyl halides is 3. The first kappa shape index (κ1) is 29.2. The van der Waals surface area contributed by atoms with Gasteiger partial charge in [0, 0.05) is 43.0 Å². The van der Waals surface area contributed by atoms with Crippen LogP contribution in [-0.4, -0.2) is 79.2 Å². The Labute approximate surface area is 230 Å². The van der Waals surface area contributed by atoms with E-state index < -0.39 is 28.5 Å². The summed E-state index contributed by atoms with van der Waals surface area (Å²) in [5, 5.41) is 7.13. The number of primary amides is 1. The fraction of sp³-hybridized carbons (Fsp3) is 0.407. The summed E-state index contributed by atoms with van der Waals surface area (Å²) >= 11 is 0. The Morgan fingerprint density at radius 1 is 1.20 bits per heavy atom. The zero-order valence-electron chi connectivity index (χ0n) is 22.0. The van der Waals surface area contributed by atoms with Crippen molar-refractivity contribution in [3.8, 4) is 11.8 Å². The van der Waals surface area contributed by atoms with Crippen LogP contribution in [0, 0.1) is 11.8 Å². The molecule has 2 aromatic heterocycles. The second-order valence-corrected chi connectivity index (χ2v) is 12.1. The molecule has 0 saturated carbocycles.